The monoisotopic (exact) mass is 448 g/mol. The van der Waals surface area contributed by atoms with Crippen molar-refractivity contribution < 1.29 is 34.1 Å². The van der Waals surface area contributed by atoms with Crippen LogP contribution in [0.5, 0.6) is 0 Å². The highest BCUT2D eigenvalue weighted by molar-refractivity contribution is 6.14. The molecule has 3 saturated heterocycles. The van der Waals surface area contributed by atoms with Gasteiger partial charge in [0.25, 0.3) is 5.91 Å². The van der Waals surface area contributed by atoms with Gasteiger partial charge in [-0.3, -0.25) is 19.2 Å². The Labute approximate surface area is 187 Å². The van der Waals surface area contributed by atoms with Crippen LogP contribution < -0.4 is 0 Å². The highest BCUT2D eigenvalue weighted by Crippen LogP contribution is 2.55. The summed E-state index contributed by atoms with van der Waals surface area (Å²) in [6, 6.07) is 0. The average Bonchev–Trinajstić information content (AvgIpc) is 3.31. The second kappa shape index (κ2) is 7.95. The molecule has 0 aromatic rings. The summed E-state index contributed by atoms with van der Waals surface area (Å²) >= 11 is 0. The molecule has 9 nitrogen and oxygen atoms in total. The molecule has 9 heteroatoms. The van der Waals surface area contributed by atoms with E-state index in [-0.39, 0.29) is 30.7 Å². The number of ketones is 1. The van der Waals surface area contributed by atoms with Gasteiger partial charge in [-0.05, 0) is 37.0 Å². The number of esters is 1. The standard InChI is InChI=1S/C20H25NO6.C3H7NO/c1-10-6-7-11-4-2-3-5-12(11)14(10)15(22)19(25)17-20(26)13(16(23)27-17)8-9-21(20)18(19)24;1-4(2)3-5/h6-7,10-14,17,25-26H,2-5,8-9H2,1H3;3H,1-2H3/t10-,11+,12-,13-,14-,17-,19-,20+;/m0./s1. The van der Waals surface area contributed by atoms with Gasteiger partial charge in [0, 0.05) is 26.6 Å². The molecule has 1 saturated carbocycles. The summed E-state index contributed by atoms with van der Waals surface area (Å²) in [5.41, 5.74) is -4.40. The molecule has 5 aliphatic rings. The predicted octanol–water partition coefficient (Wildman–Crippen LogP) is 0.0956. The molecule has 5 rings (SSSR count). The average molecular weight is 449 g/mol. The number of ether oxygens (including phenoxy) is 1. The Hall–Kier alpha value is -2.26. The smallest absolute Gasteiger partial charge is 0.314 e. The second-order valence-electron chi connectivity index (χ2n) is 9.98. The molecule has 8 atom stereocenters. The molecule has 0 spiro atoms. The first-order valence-electron chi connectivity index (χ1n) is 11.4. The minimum atomic E-state index is -2.49. The van der Waals surface area contributed by atoms with Crippen molar-refractivity contribution in [2.75, 3.05) is 20.6 Å². The summed E-state index contributed by atoms with van der Waals surface area (Å²) in [6.45, 7) is 2.07. The first kappa shape index (κ1) is 22.9. The zero-order valence-electron chi connectivity index (χ0n) is 18.8. The van der Waals surface area contributed by atoms with Crippen LogP contribution >= 0.6 is 0 Å². The maximum Gasteiger partial charge on any atom is 0.314 e. The van der Waals surface area contributed by atoms with Crippen molar-refractivity contribution in [2.45, 2.75) is 56.5 Å². The van der Waals surface area contributed by atoms with Crippen molar-refractivity contribution in [1.29, 1.82) is 0 Å². The maximum absolute atomic E-state index is 13.6. The van der Waals surface area contributed by atoms with Gasteiger partial charge < -0.3 is 24.7 Å². The Bertz CT molecular complexity index is 857. The van der Waals surface area contributed by atoms with E-state index in [0.29, 0.717) is 0 Å². The van der Waals surface area contributed by atoms with Gasteiger partial charge in [-0.25, -0.2) is 0 Å². The van der Waals surface area contributed by atoms with E-state index in [1.807, 2.05) is 13.0 Å². The van der Waals surface area contributed by atoms with Gasteiger partial charge in [-0.1, -0.05) is 31.9 Å². The Balaban J connectivity index is 0.000000444. The number of fused-ring (bicyclic) bond motifs is 1. The van der Waals surface area contributed by atoms with E-state index in [4.69, 9.17) is 4.74 Å². The SMILES string of the molecule is CN(C)C=O.C[C@H]1C=C[C@H]2CCCC[C@@H]2[C@H]1C(=O)[C@@]1(O)C(=O)N2CC[C@H]3C(=O)O[C@@H]1[C@]32O. The third-order valence-corrected chi connectivity index (χ3v) is 7.90. The summed E-state index contributed by atoms with van der Waals surface area (Å²) in [5, 5.41) is 22.4. The number of hydrogen-bond acceptors (Lipinski definition) is 7. The van der Waals surface area contributed by atoms with Crippen LogP contribution in [0.2, 0.25) is 0 Å². The molecule has 3 heterocycles. The molecule has 0 bridgehead atoms. The number of aliphatic hydroxyl groups is 2. The lowest BCUT2D eigenvalue weighted by Gasteiger charge is -2.42. The van der Waals surface area contributed by atoms with Crippen molar-refractivity contribution in [3.63, 3.8) is 0 Å². The molecule has 0 radical (unpaired) electrons. The van der Waals surface area contributed by atoms with E-state index in [1.165, 1.54) is 4.90 Å². The summed E-state index contributed by atoms with van der Waals surface area (Å²) < 4.78 is 5.25. The minimum Gasteiger partial charge on any atom is -0.453 e. The van der Waals surface area contributed by atoms with E-state index >= 15 is 0 Å². The van der Waals surface area contributed by atoms with Crippen LogP contribution in [0.3, 0.4) is 0 Å². The fourth-order valence-corrected chi connectivity index (χ4v) is 6.34. The number of hydrogen-bond donors (Lipinski definition) is 2. The molecule has 0 aromatic carbocycles. The minimum absolute atomic E-state index is 0.0704. The summed E-state index contributed by atoms with van der Waals surface area (Å²) in [7, 11) is 3.38. The fourth-order valence-electron chi connectivity index (χ4n) is 6.34. The Morgan fingerprint density at radius 3 is 2.50 bits per heavy atom. The number of nitrogens with zero attached hydrogens (tertiary/aromatic N) is 2. The van der Waals surface area contributed by atoms with E-state index < -0.39 is 46.9 Å². The molecule has 2 amide bonds. The molecule has 4 fully saturated rings. The van der Waals surface area contributed by atoms with E-state index in [1.54, 1.807) is 14.1 Å². The number of carbonyl (C=O) groups excluding carboxylic acids is 4. The Morgan fingerprint density at radius 1 is 1.19 bits per heavy atom. The summed E-state index contributed by atoms with van der Waals surface area (Å²) in [5.74, 6) is -3.24. The third kappa shape index (κ3) is 3.04. The first-order valence-corrected chi connectivity index (χ1v) is 11.4. The zero-order valence-corrected chi connectivity index (χ0v) is 18.8. The zero-order chi connectivity index (χ0) is 23.4. The third-order valence-electron chi connectivity index (χ3n) is 7.90. The Kier molecular flexibility index (Phi) is 5.69. The van der Waals surface area contributed by atoms with Gasteiger partial charge in [-0.2, -0.15) is 0 Å². The number of amides is 2. The molecule has 0 unspecified atom stereocenters. The molecule has 0 aromatic heterocycles. The predicted molar refractivity (Wildman–Crippen MR) is 112 cm³/mol. The van der Waals surface area contributed by atoms with Crippen LogP contribution in [-0.2, 0) is 23.9 Å². The fraction of sp³-hybridized carbons (Fsp3) is 0.739. The Morgan fingerprint density at radius 2 is 1.84 bits per heavy atom. The molecule has 2 aliphatic carbocycles. The van der Waals surface area contributed by atoms with Gasteiger partial charge in [-0.15, -0.1) is 0 Å². The van der Waals surface area contributed by atoms with E-state index in [2.05, 4.69) is 6.08 Å². The van der Waals surface area contributed by atoms with Crippen molar-refractivity contribution in [2.24, 2.45) is 29.6 Å². The van der Waals surface area contributed by atoms with Crippen molar-refractivity contribution in [1.82, 2.24) is 9.80 Å². The van der Waals surface area contributed by atoms with Crippen LogP contribution in [0.15, 0.2) is 12.2 Å². The topological polar surface area (TPSA) is 124 Å². The quantitative estimate of drug-likeness (QED) is 0.271. The second-order valence-corrected chi connectivity index (χ2v) is 9.98. The van der Waals surface area contributed by atoms with Gasteiger partial charge in [0.1, 0.15) is 5.92 Å². The van der Waals surface area contributed by atoms with Gasteiger partial charge in [0.2, 0.25) is 12.0 Å². The van der Waals surface area contributed by atoms with Crippen LogP contribution in [0, 0.1) is 29.6 Å². The molecular formula is C23H32N2O7. The summed E-state index contributed by atoms with van der Waals surface area (Å²) in [6.07, 6.45) is 7.67. The number of allylic oxidation sites excluding steroid dienone is 2. The van der Waals surface area contributed by atoms with E-state index in [0.717, 1.165) is 37.0 Å². The number of rotatable bonds is 3. The molecule has 32 heavy (non-hydrogen) atoms. The van der Waals surface area contributed by atoms with Gasteiger partial charge in [0.15, 0.2) is 17.6 Å². The largest absolute Gasteiger partial charge is 0.453 e. The van der Waals surface area contributed by atoms with Crippen molar-refractivity contribution in [3.05, 3.63) is 12.2 Å². The highest BCUT2D eigenvalue weighted by Gasteiger charge is 2.80. The van der Waals surface area contributed by atoms with Crippen LogP contribution in [0.25, 0.3) is 0 Å². The molecular weight excluding hydrogens is 416 g/mol. The highest BCUT2D eigenvalue weighted by atomic mass is 16.6. The lowest BCUT2D eigenvalue weighted by molar-refractivity contribution is -0.173. The summed E-state index contributed by atoms with van der Waals surface area (Å²) in [4.78, 5) is 50.8. The van der Waals surface area contributed by atoms with Crippen LogP contribution in [0.1, 0.15) is 39.0 Å². The molecule has 176 valence electrons. The van der Waals surface area contributed by atoms with Crippen molar-refractivity contribution in [3.8, 4) is 0 Å². The molecule has 3 aliphatic heterocycles. The molecule has 2 N–H and O–H groups in total. The van der Waals surface area contributed by atoms with Crippen LogP contribution in [0.4, 0.5) is 0 Å². The number of Topliss-reactive ketones (excluding diaryl/α,β-unsaturated/α-hetero) is 1. The normalized spacial score (nSPS) is 43.7. The lowest BCUT2D eigenvalue weighted by atomic mass is 9.61. The van der Waals surface area contributed by atoms with Gasteiger partial charge >= 0.3 is 5.97 Å². The van der Waals surface area contributed by atoms with E-state index in [9.17, 15) is 29.4 Å². The van der Waals surface area contributed by atoms with Gasteiger partial charge in [0.05, 0.1) is 0 Å². The lowest BCUT2D eigenvalue weighted by Crippen LogP contribution is -2.59. The maximum atomic E-state index is 13.6. The first-order chi connectivity index (χ1) is 15.1. The van der Waals surface area contributed by atoms with Crippen molar-refractivity contribution >= 4 is 24.1 Å². The van der Waals surface area contributed by atoms with Crippen LogP contribution in [-0.4, -0.2) is 82.2 Å². The number of carbonyl (C=O) groups is 4.